The van der Waals surface area contributed by atoms with Crippen molar-refractivity contribution in [1.82, 2.24) is 0 Å². The molecule has 0 bridgehead atoms. The minimum Gasteiger partial charge on any atom is -0.494 e. The van der Waals surface area contributed by atoms with Crippen LogP contribution >= 0.6 is 27.3 Å². The predicted octanol–water partition coefficient (Wildman–Crippen LogP) is 4.99. The number of hydrogen-bond donors (Lipinski definition) is 1. The van der Waals surface area contributed by atoms with E-state index in [0.717, 1.165) is 47.9 Å². The standard InChI is InChI=1S/C22H23BrN2O4S/c23-15-6-4-7-16(12-15)28-11-5-10-21(27)29-14-20(26)25-22-18(13-24)17-8-2-1-3-9-19(17)30-22/h4,6-7,12H,1-3,5,8-11,14H2,(H,25,26). The zero-order valence-electron chi connectivity index (χ0n) is 16.5. The number of aryl methyl sites for hydroxylation is 1. The van der Waals surface area contributed by atoms with Crippen LogP contribution in [0.25, 0.3) is 0 Å². The van der Waals surface area contributed by atoms with Gasteiger partial charge in [-0.2, -0.15) is 5.26 Å². The van der Waals surface area contributed by atoms with Crippen LogP contribution < -0.4 is 10.1 Å². The molecule has 1 heterocycles. The lowest BCUT2D eigenvalue weighted by Crippen LogP contribution is -2.21. The molecule has 8 heteroatoms. The Labute approximate surface area is 188 Å². The third kappa shape index (κ3) is 6.31. The molecular formula is C22H23BrN2O4S. The second-order valence-electron chi connectivity index (χ2n) is 7.00. The van der Waals surface area contributed by atoms with Crippen LogP contribution in [0.2, 0.25) is 0 Å². The summed E-state index contributed by atoms with van der Waals surface area (Å²) in [5.41, 5.74) is 1.62. The highest BCUT2D eigenvalue weighted by atomic mass is 79.9. The van der Waals surface area contributed by atoms with E-state index < -0.39 is 11.9 Å². The second-order valence-corrected chi connectivity index (χ2v) is 9.02. The fourth-order valence-corrected chi connectivity index (χ4v) is 4.93. The summed E-state index contributed by atoms with van der Waals surface area (Å²) in [5.74, 6) is -0.160. The lowest BCUT2D eigenvalue weighted by Gasteiger charge is -2.07. The van der Waals surface area contributed by atoms with Crippen LogP contribution in [0.15, 0.2) is 28.7 Å². The van der Waals surface area contributed by atoms with Crippen molar-refractivity contribution in [2.24, 2.45) is 0 Å². The van der Waals surface area contributed by atoms with E-state index in [0.29, 0.717) is 23.6 Å². The van der Waals surface area contributed by atoms with Gasteiger partial charge in [-0.25, -0.2) is 0 Å². The maximum atomic E-state index is 12.2. The first-order valence-electron chi connectivity index (χ1n) is 9.95. The van der Waals surface area contributed by atoms with Gasteiger partial charge in [-0.15, -0.1) is 11.3 Å². The molecule has 3 rings (SSSR count). The number of fused-ring (bicyclic) bond motifs is 1. The Morgan fingerprint density at radius 1 is 1.23 bits per heavy atom. The minimum atomic E-state index is -0.453. The third-order valence-electron chi connectivity index (χ3n) is 4.74. The number of anilines is 1. The largest absolute Gasteiger partial charge is 0.494 e. The third-order valence-corrected chi connectivity index (χ3v) is 6.44. The normalized spacial score (nSPS) is 12.9. The Bertz CT molecular complexity index is 951. The van der Waals surface area contributed by atoms with Crippen LogP contribution in [0.4, 0.5) is 5.00 Å². The number of ether oxygens (including phenoxy) is 2. The van der Waals surface area contributed by atoms with Crippen LogP contribution in [0.1, 0.15) is 48.1 Å². The smallest absolute Gasteiger partial charge is 0.306 e. The lowest BCUT2D eigenvalue weighted by atomic mass is 10.1. The van der Waals surface area contributed by atoms with Gasteiger partial charge in [-0.1, -0.05) is 28.4 Å². The van der Waals surface area contributed by atoms with E-state index in [4.69, 9.17) is 9.47 Å². The van der Waals surface area contributed by atoms with Crippen LogP contribution in [-0.2, 0) is 27.2 Å². The molecule has 1 aromatic heterocycles. The van der Waals surface area contributed by atoms with Gasteiger partial charge in [-0.3, -0.25) is 9.59 Å². The molecule has 1 amide bonds. The Hall–Kier alpha value is -2.37. The van der Waals surface area contributed by atoms with Crippen molar-refractivity contribution < 1.29 is 19.1 Å². The number of carbonyl (C=O) groups excluding carboxylic acids is 2. The number of benzene rings is 1. The molecule has 0 atom stereocenters. The number of nitrogens with one attached hydrogen (secondary N) is 1. The van der Waals surface area contributed by atoms with Crippen molar-refractivity contribution in [1.29, 1.82) is 5.26 Å². The first-order chi connectivity index (χ1) is 14.6. The van der Waals surface area contributed by atoms with E-state index in [1.165, 1.54) is 16.2 Å². The topological polar surface area (TPSA) is 88.4 Å². The van der Waals surface area contributed by atoms with E-state index >= 15 is 0 Å². The molecule has 0 saturated heterocycles. The first kappa shape index (κ1) is 22.3. The van der Waals surface area contributed by atoms with Crippen molar-refractivity contribution in [2.45, 2.75) is 44.9 Å². The summed E-state index contributed by atoms with van der Waals surface area (Å²) in [6.45, 7) is 0.0167. The monoisotopic (exact) mass is 490 g/mol. The number of halogens is 1. The molecule has 0 spiro atoms. The average Bonchev–Trinajstić information content (AvgIpc) is 2.88. The molecule has 6 nitrogen and oxygen atoms in total. The molecule has 158 valence electrons. The zero-order chi connectivity index (χ0) is 21.3. The fourth-order valence-electron chi connectivity index (χ4n) is 3.29. The van der Waals surface area contributed by atoms with Gasteiger partial charge in [0.15, 0.2) is 6.61 Å². The Morgan fingerprint density at radius 2 is 2.07 bits per heavy atom. The summed E-state index contributed by atoms with van der Waals surface area (Å²) >= 11 is 4.84. The van der Waals surface area contributed by atoms with E-state index in [2.05, 4.69) is 27.3 Å². The van der Waals surface area contributed by atoms with Gasteiger partial charge in [0, 0.05) is 15.8 Å². The molecular weight excluding hydrogens is 468 g/mol. The van der Waals surface area contributed by atoms with E-state index in [9.17, 15) is 14.9 Å². The summed E-state index contributed by atoms with van der Waals surface area (Å²) in [6.07, 6.45) is 5.81. The quantitative estimate of drug-likeness (QED) is 0.319. The number of thiophene rings is 1. The second kappa shape index (κ2) is 11.1. The van der Waals surface area contributed by atoms with E-state index in [1.807, 2.05) is 24.3 Å². The molecule has 1 aliphatic carbocycles. The highest BCUT2D eigenvalue weighted by molar-refractivity contribution is 9.10. The van der Waals surface area contributed by atoms with Crippen molar-refractivity contribution in [3.63, 3.8) is 0 Å². The summed E-state index contributed by atoms with van der Waals surface area (Å²) in [6, 6.07) is 9.69. The Kier molecular flexibility index (Phi) is 8.29. The van der Waals surface area contributed by atoms with Gasteiger partial charge < -0.3 is 14.8 Å². The van der Waals surface area contributed by atoms with E-state index in [1.54, 1.807) is 0 Å². The summed E-state index contributed by atoms with van der Waals surface area (Å²) in [5, 5.41) is 12.8. The van der Waals surface area contributed by atoms with Crippen molar-refractivity contribution >= 4 is 44.1 Å². The summed E-state index contributed by atoms with van der Waals surface area (Å²) in [7, 11) is 0. The molecule has 30 heavy (non-hydrogen) atoms. The van der Waals surface area contributed by atoms with Gasteiger partial charge in [0.05, 0.1) is 12.2 Å². The lowest BCUT2D eigenvalue weighted by molar-refractivity contribution is -0.147. The zero-order valence-corrected chi connectivity index (χ0v) is 18.9. The van der Waals surface area contributed by atoms with Gasteiger partial charge in [0.25, 0.3) is 5.91 Å². The number of amides is 1. The number of rotatable bonds is 8. The van der Waals surface area contributed by atoms with Gasteiger partial charge >= 0.3 is 5.97 Å². The van der Waals surface area contributed by atoms with Crippen LogP contribution in [0.5, 0.6) is 5.75 Å². The molecule has 2 aromatic rings. The number of esters is 1. The van der Waals surface area contributed by atoms with Crippen molar-refractivity contribution in [3.05, 3.63) is 44.7 Å². The molecule has 1 aromatic carbocycles. The number of nitrogens with zero attached hydrogens (tertiary/aromatic N) is 1. The number of hydrogen-bond acceptors (Lipinski definition) is 6. The average molecular weight is 491 g/mol. The summed E-state index contributed by atoms with van der Waals surface area (Å²) < 4.78 is 11.5. The molecule has 1 aliphatic rings. The van der Waals surface area contributed by atoms with Crippen LogP contribution in [0, 0.1) is 11.3 Å². The van der Waals surface area contributed by atoms with Crippen molar-refractivity contribution in [3.8, 4) is 11.8 Å². The van der Waals surface area contributed by atoms with Gasteiger partial charge in [-0.05, 0) is 55.9 Å². The first-order valence-corrected chi connectivity index (χ1v) is 11.6. The molecule has 0 saturated carbocycles. The predicted molar refractivity (Wildman–Crippen MR) is 119 cm³/mol. The Morgan fingerprint density at radius 3 is 2.87 bits per heavy atom. The molecule has 0 aliphatic heterocycles. The Balaban J connectivity index is 1.40. The molecule has 0 radical (unpaired) electrons. The molecule has 0 fully saturated rings. The maximum absolute atomic E-state index is 12.2. The SMILES string of the molecule is N#Cc1c(NC(=O)COC(=O)CCCOc2cccc(Br)c2)sc2c1CCCCC2. The summed E-state index contributed by atoms with van der Waals surface area (Å²) in [4.78, 5) is 25.2. The minimum absolute atomic E-state index is 0.165. The van der Waals surface area contributed by atoms with E-state index in [-0.39, 0.29) is 13.0 Å². The van der Waals surface area contributed by atoms with Crippen molar-refractivity contribution in [2.75, 3.05) is 18.5 Å². The van der Waals surface area contributed by atoms with Gasteiger partial charge in [0.2, 0.25) is 0 Å². The van der Waals surface area contributed by atoms with Gasteiger partial charge in [0.1, 0.15) is 16.8 Å². The maximum Gasteiger partial charge on any atom is 0.306 e. The fraction of sp³-hybridized carbons (Fsp3) is 0.409. The molecule has 0 unspecified atom stereocenters. The number of carbonyl (C=O) groups is 2. The number of nitriles is 1. The van der Waals surface area contributed by atoms with Crippen LogP contribution in [0.3, 0.4) is 0 Å². The highest BCUT2D eigenvalue weighted by Crippen LogP contribution is 2.36. The van der Waals surface area contributed by atoms with Crippen LogP contribution in [-0.4, -0.2) is 25.1 Å². The molecule has 1 N–H and O–H groups in total. The highest BCUT2D eigenvalue weighted by Gasteiger charge is 2.21.